The van der Waals surface area contributed by atoms with E-state index in [4.69, 9.17) is 0 Å². The van der Waals surface area contributed by atoms with Crippen LogP contribution in [0.5, 0.6) is 0 Å². The van der Waals surface area contributed by atoms with E-state index in [0.717, 1.165) is 6.07 Å². The molecule has 2 rings (SSSR count). The average molecular weight is 295 g/mol. The SMILES string of the molecule is OC1(C(F)(F)F)CCN(Cc2cccc(F)c2F)CC1. The first-order chi connectivity index (χ1) is 9.23. The summed E-state index contributed by atoms with van der Waals surface area (Å²) in [6.45, 7) is -0.0184. The molecular formula is C13H14F5NO. The van der Waals surface area contributed by atoms with Crippen LogP contribution in [0.1, 0.15) is 18.4 Å². The highest BCUT2D eigenvalue weighted by Crippen LogP contribution is 2.38. The number of aliphatic hydroxyl groups is 1. The van der Waals surface area contributed by atoms with Crippen molar-refractivity contribution in [3.63, 3.8) is 0 Å². The van der Waals surface area contributed by atoms with Gasteiger partial charge in [-0.25, -0.2) is 8.78 Å². The molecule has 0 amide bonds. The zero-order valence-corrected chi connectivity index (χ0v) is 10.6. The van der Waals surface area contributed by atoms with Crippen molar-refractivity contribution < 1.29 is 27.1 Å². The van der Waals surface area contributed by atoms with Gasteiger partial charge in [0, 0.05) is 25.2 Å². The Balaban J connectivity index is 2.00. The molecule has 0 bridgehead atoms. The van der Waals surface area contributed by atoms with E-state index in [-0.39, 0.29) is 25.2 Å². The first-order valence-corrected chi connectivity index (χ1v) is 6.17. The summed E-state index contributed by atoms with van der Waals surface area (Å²) in [6, 6.07) is 3.73. The minimum Gasteiger partial charge on any atom is -0.380 e. The maximum absolute atomic E-state index is 13.5. The van der Waals surface area contributed by atoms with E-state index in [2.05, 4.69) is 0 Å². The summed E-state index contributed by atoms with van der Waals surface area (Å²) in [5.74, 6) is -1.96. The molecule has 1 heterocycles. The fraction of sp³-hybridized carbons (Fsp3) is 0.538. The second-order valence-electron chi connectivity index (χ2n) is 5.02. The van der Waals surface area contributed by atoms with Crippen molar-refractivity contribution >= 4 is 0 Å². The molecular weight excluding hydrogens is 281 g/mol. The van der Waals surface area contributed by atoms with Crippen molar-refractivity contribution in [3.8, 4) is 0 Å². The molecule has 1 aromatic rings. The lowest BCUT2D eigenvalue weighted by molar-refractivity contribution is -0.272. The summed E-state index contributed by atoms with van der Waals surface area (Å²) in [7, 11) is 0. The Bertz CT molecular complexity index is 480. The maximum Gasteiger partial charge on any atom is 0.417 e. The van der Waals surface area contributed by atoms with Gasteiger partial charge in [-0.05, 0) is 18.9 Å². The fourth-order valence-electron chi connectivity index (χ4n) is 2.28. The number of piperidine rings is 1. The Kier molecular flexibility index (Phi) is 4.02. The molecule has 0 unspecified atom stereocenters. The highest BCUT2D eigenvalue weighted by atomic mass is 19.4. The van der Waals surface area contributed by atoms with E-state index in [1.807, 2.05) is 0 Å². The summed E-state index contributed by atoms with van der Waals surface area (Å²) in [5, 5.41) is 9.50. The molecule has 1 fully saturated rings. The number of halogens is 5. The molecule has 2 nitrogen and oxygen atoms in total. The zero-order chi connectivity index (χ0) is 15.0. The lowest BCUT2D eigenvalue weighted by Crippen LogP contribution is -2.53. The number of likely N-dealkylation sites (tertiary alicyclic amines) is 1. The lowest BCUT2D eigenvalue weighted by atomic mass is 9.90. The molecule has 112 valence electrons. The van der Waals surface area contributed by atoms with E-state index in [9.17, 15) is 27.1 Å². The summed E-state index contributed by atoms with van der Waals surface area (Å²) in [5.41, 5.74) is -2.58. The Morgan fingerprint density at radius 1 is 1.15 bits per heavy atom. The quantitative estimate of drug-likeness (QED) is 0.848. The predicted octanol–water partition coefficient (Wildman–Crippen LogP) is 2.85. The molecule has 7 heteroatoms. The Morgan fingerprint density at radius 3 is 2.30 bits per heavy atom. The molecule has 0 spiro atoms. The lowest BCUT2D eigenvalue weighted by Gasteiger charge is -2.39. The first-order valence-electron chi connectivity index (χ1n) is 6.17. The van der Waals surface area contributed by atoms with Gasteiger partial charge in [0.25, 0.3) is 0 Å². The van der Waals surface area contributed by atoms with Crippen LogP contribution in [0.15, 0.2) is 18.2 Å². The number of hydrogen-bond acceptors (Lipinski definition) is 2. The number of benzene rings is 1. The number of hydrogen-bond donors (Lipinski definition) is 1. The van der Waals surface area contributed by atoms with Gasteiger partial charge in [-0.15, -0.1) is 0 Å². The number of alkyl halides is 3. The fourth-order valence-corrected chi connectivity index (χ4v) is 2.28. The van der Waals surface area contributed by atoms with Crippen LogP contribution in [-0.4, -0.2) is 34.9 Å². The Hall–Kier alpha value is -1.21. The van der Waals surface area contributed by atoms with Crippen molar-refractivity contribution in [2.24, 2.45) is 0 Å². The van der Waals surface area contributed by atoms with Crippen LogP contribution < -0.4 is 0 Å². The van der Waals surface area contributed by atoms with Crippen molar-refractivity contribution in [3.05, 3.63) is 35.4 Å². The van der Waals surface area contributed by atoms with Gasteiger partial charge in [0.05, 0.1) is 0 Å². The van der Waals surface area contributed by atoms with Crippen LogP contribution in [0.3, 0.4) is 0 Å². The molecule has 1 saturated heterocycles. The van der Waals surface area contributed by atoms with E-state index in [0.29, 0.717) is 0 Å². The topological polar surface area (TPSA) is 23.5 Å². The molecule has 1 N–H and O–H groups in total. The van der Waals surface area contributed by atoms with E-state index < -0.39 is 36.3 Å². The highest BCUT2D eigenvalue weighted by Gasteiger charge is 2.54. The Labute approximate surface area is 112 Å². The van der Waals surface area contributed by atoms with Crippen LogP contribution in [-0.2, 0) is 6.54 Å². The van der Waals surface area contributed by atoms with Gasteiger partial charge in [-0.2, -0.15) is 13.2 Å². The van der Waals surface area contributed by atoms with Crippen molar-refractivity contribution in [1.29, 1.82) is 0 Å². The third kappa shape index (κ3) is 2.93. The number of nitrogens with zero attached hydrogens (tertiary/aromatic N) is 1. The van der Waals surface area contributed by atoms with Gasteiger partial charge in [0.2, 0.25) is 0 Å². The standard InChI is InChI=1S/C13H14F5NO/c14-10-3-1-2-9(11(10)15)8-19-6-4-12(20,5-7-19)13(16,17)18/h1-3,20H,4-8H2. The minimum absolute atomic E-state index is 0.0219. The van der Waals surface area contributed by atoms with Crippen LogP contribution in [0.4, 0.5) is 22.0 Å². The van der Waals surface area contributed by atoms with Crippen LogP contribution in [0.25, 0.3) is 0 Å². The molecule has 1 aliphatic heterocycles. The van der Waals surface area contributed by atoms with E-state index in [1.165, 1.54) is 12.1 Å². The summed E-state index contributed by atoms with van der Waals surface area (Å²) < 4.78 is 64.4. The van der Waals surface area contributed by atoms with Crippen LogP contribution in [0.2, 0.25) is 0 Å². The smallest absolute Gasteiger partial charge is 0.380 e. The molecule has 0 atom stereocenters. The van der Waals surface area contributed by atoms with Crippen LogP contribution >= 0.6 is 0 Å². The summed E-state index contributed by atoms with van der Waals surface area (Å²) >= 11 is 0. The molecule has 1 aromatic carbocycles. The van der Waals surface area contributed by atoms with Gasteiger partial charge in [-0.3, -0.25) is 4.90 Å². The summed E-state index contributed by atoms with van der Waals surface area (Å²) in [6.07, 6.45) is -5.59. The van der Waals surface area contributed by atoms with Gasteiger partial charge in [0.1, 0.15) is 0 Å². The summed E-state index contributed by atoms with van der Waals surface area (Å²) in [4.78, 5) is 1.57. The Morgan fingerprint density at radius 2 is 1.75 bits per heavy atom. The third-order valence-corrected chi connectivity index (χ3v) is 3.64. The van der Waals surface area contributed by atoms with Gasteiger partial charge < -0.3 is 5.11 Å². The van der Waals surface area contributed by atoms with Gasteiger partial charge in [-0.1, -0.05) is 12.1 Å². The van der Waals surface area contributed by atoms with Crippen molar-refractivity contribution in [1.82, 2.24) is 4.90 Å². The molecule has 0 saturated carbocycles. The molecule has 0 radical (unpaired) electrons. The van der Waals surface area contributed by atoms with Crippen molar-refractivity contribution in [2.75, 3.05) is 13.1 Å². The second kappa shape index (κ2) is 5.29. The second-order valence-corrected chi connectivity index (χ2v) is 5.02. The normalized spacial score (nSPS) is 20.1. The molecule has 1 aliphatic rings. The van der Waals surface area contributed by atoms with Gasteiger partial charge >= 0.3 is 6.18 Å². The third-order valence-electron chi connectivity index (χ3n) is 3.64. The number of rotatable bonds is 2. The minimum atomic E-state index is -4.66. The highest BCUT2D eigenvalue weighted by molar-refractivity contribution is 5.19. The maximum atomic E-state index is 13.5. The van der Waals surface area contributed by atoms with E-state index >= 15 is 0 Å². The zero-order valence-electron chi connectivity index (χ0n) is 10.6. The average Bonchev–Trinajstić information content (AvgIpc) is 2.36. The van der Waals surface area contributed by atoms with Crippen LogP contribution in [0, 0.1) is 11.6 Å². The predicted molar refractivity (Wildman–Crippen MR) is 61.9 cm³/mol. The monoisotopic (exact) mass is 295 g/mol. The van der Waals surface area contributed by atoms with Crippen molar-refractivity contribution in [2.45, 2.75) is 31.2 Å². The van der Waals surface area contributed by atoms with E-state index in [1.54, 1.807) is 4.90 Å². The largest absolute Gasteiger partial charge is 0.417 e. The molecule has 20 heavy (non-hydrogen) atoms. The molecule has 0 aromatic heterocycles. The first kappa shape index (κ1) is 15.2. The molecule has 0 aliphatic carbocycles. The van der Waals surface area contributed by atoms with Gasteiger partial charge in [0.15, 0.2) is 17.2 Å².